The molecule has 3 aliphatic rings. The number of nitrogens with zero attached hydrogens (tertiary/aromatic N) is 5. The van der Waals surface area contributed by atoms with Gasteiger partial charge in [-0.05, 0) is 13.3 Å². The number of hydrogen-bond donors (Lipinski definition) is 2. The highest BCUT2D eigenvalue weighted by Gasteiger charge is 2.40. The summed E-state index contributed by atoms with van der Waals surface area (Å²) in [6.07, 6.45) is 4.43. The van der Waals surface area contributed by atoms with Crippen LogP contribution in [0.3, 0.4) is 0 Å². The van der Waals surface area contributed by atoms with Crippen molar-refractivity contribution in [2.24, 2.45) is 0 Å². The minimum atomic E-state index is -0.930. The van der Waals surface area contributed by atoms with E-state index in [9.17, 15) is 9.90 Å². The second kappa shape index (κ2) is 6.64. The Balaban J connectivity index is 1.42. The van der Waals surface area contributed by atoms with Crippen LogP contribution in [0.1, 0.15) is 19.8 Å². The van der Waals surface area contributed by atoms with Crippen LogP contribution in [0.5, 0.6) is 0 Å². The zero-order valence-electron chi connectivity index (χ0n) is 15.7. The minimum absolute atomic E-state index is 0.0435. The second-order valence-corrected chi connectivity index (χ2v) is 7.87. The molecule has 10 nitrogen and oxygen atoms in total. The topological polar surface area (TPSA) is 115 Å². The van der Waals surface area contributed by atoms with E-state index in [0.717, 1.165) is 18.8 Å². The lowest BCUT2D eigenvalue weighted by Crippen LogP contribution is -2.60. The second-order valence-electron chi connectivity index (χ2n) is 7.87. The van der Waals surface area contributed by atoms with Gasteiger partial charge in [0.05, 0.1) is 31.1 Å². The molecule has 5 rings (SSSR count). The fraction of sp³-hybridized carbons (Fsp3) is 0.667. The average Bonchev–Trinajstić information content (AvgIpc) is 3.24. The van der Waals surface area contributed by atoms with Crippen LogP contribution in [-0.2, 0) is 20.8 Å². The normalized spacial score (nSPS) is 33.1. The molecule has 0 saturated carbocycles. The van der Waals surface area contributed by atoms with Crippen molar-refractivity contribution in [1.82, 2.24) is 24.8 Å². The third-order valence-electron chi connectivity index (χ3n) is 6.11. The third kappa shape index (κ3) is 2.92. The maximum absolute atomic E-state index is 11.7. The van der Waals surface area contributed by atoms with Gasteiger partial charge in [-0.15, -0.1) is 0 Å². The van der Waals surface area contributed by atoms with Gasteiger partial charge in [-0.1, -0.05) is 0 Å². The maximum atomic E-state index is 11.7. The summed E-state index contributed by atoms with van der Waals surface area (Å²) in [5.74, 6) is 0.658. The predicted molar refractivity (Wildman–Crippen MR) is 98.8 cm³/mol. The lowest BCUT2D eigenvalue weighted by molar-refractivity contribution is -0.137. The SMILES string of the molecule is CC1OCCC1(O)Cn1cnc2c(N3CC[C@@H]4OCC(=O)N[C@H]4C3)ncnc21. The Kier molecular flexibility index (Phi) is 4.22. The lowest BCUT2D eigenvalue weighted by atomic mass is 9.97. The Labute approximate surface area is 161 Å². The first-order chi connectivity index (χ1) is 13.5. The zero-order valence-corrected chi connectivity index (χ0v) is 15.7. The van der Waals surface area contributed by atoms with Crippen LogP contribution in [0.25, 0.3) is 11.2 Å². The molecule has 2 aromatic rings. The summed E-state index contributed by atoms with van der Waals surface area (Å²) >= 11 is 0. The van der Waals surface area contributed by atoms with Gasteiger partial charge in [0.25, 0.3) is 0 Å². The molecule has 1 amide bonds. The Morgan fingerprint density at radius 1 is 1.36 bits per heavy atom. The van der Waals surface area contributed by atoms with Crippen molar-refractivity contribution >= 4 is 22.9 Å². The number of anilines is 1. The molecule has 4 atom stereocenters. The van der Waals surface area contributed by atoms with Gasteiger partial charge in [-0.3, -0.25) is 4.79 Å². The van der Waals surface area contributed by atoms with Gasteiger partial charge in [-0.25, -0.2) is 15.0 Å². The summed E-state index contributed by atoms with van der Waals surface area (Å²) in [6.45, 7) is 4.32. The number of aromatic nitrogens is 4. The number of morpholine rings is 1. The lowest BCUT2D eigenvalue weighted by Gasteiger charge is -2.41. The number of nitrogens with one attached hydrogen (secondary N) is 1. The van der Waals surface area contributed by atoms with Gasteiger partial charge in [-0.2, -0.15) is 0 Å². The smallest absolute Gasteiger partial charge is 0.246 e. The van der Waals surface area contributed by atoms with Crippen LogP contribution in [0, 0.1) is 0 Å². The highest BCUT2D eigenvalue weighted by Crippen LogP contribution is 2.30. The Hall–Kier alpha value is -2.30. The number of piperidine rings is 1. The Bertz CT molecular complexity index is 903. The number of ether oxygens (including phenoxy) is 2. The van der Waals surface area contributed by atoms with Crippen molar-refractivity contribution in [3.8, 4) is 0 Å². The predicted octanol–water partition coefficient (Wildman–Crippen LogP) is -0.540. The molecule has 0 spiro atoms. The molecule has 0 aliphatic carbocycles. The molecule has 2 unspecified atom stereocenters. The van der Waals surface area contributed by atoms with E-state index in [1.165, 1.54) is 6.33 Å². The van der Waals surface area contributed by atoms with Crippen molar-refractivity contribution in [3.63, 3.8) is 0 Å². The van der Waals surface area contributed by atoms with E-state index in [4.69, 9.17) is 9.47 Å². The van der Waals surface area contributed by atoms with E-state index in [1.54, 1.807) is 6.33 Å². The highest BCUT2D eigenvalue weighted by molar-refractivity contribution is 5.83. The van der Waals surface area contributed by atoms with Crippen LogP contribution in [0.2, 0.25) is 0 Å². The number of fused-ring (bicyclic) bond motifs is 2. The number of amides is 1. The van der Waals surface area contributed by atoms with Crippen LogP contribution in [-0.4, -0.2) is 80.7 Å². The van der Waals surface area contributed by atoms with Gasteiger partial charge < -0.3 is 29.4 Å². The maximum Gasteiger partial charge on any atom is 0.246 e. The standard InChI is InChI=1S/C18H24N6O4/c1-11-18(26,3-5-27-11)8-24-10-21-15-16(19-9-20-17(15)24)23-4-2-13-12(6-23)22-14(25)7-28-13/h9-13,26H,2-8H2,1H3,(H,22,25)/t11?,12-,13-,18?/m0/s1. The van der Waals surface area contributed by atoms with E-state index < -0.39 is 5.60 Å². The first-order valence-corrected chi connectivity index (χ1v) is 9.69. The molecule has 2 N–H and O–H groups in total. The molecular formula is C18H24N6O4. The first-order valence-electron chi connectivity index (χ1n) is 9.69. The van der Waals surface area contributed by atoms with Crippen molar-refractivity contribution in [2.45, 2.75) is 50.2 Å². The molecule has 2 aromatic heterocycles. The van der Waals surface area contributed by atoms with Crippen molar-refractivity contribution in [3.05, 3.63) is 12.7 Å². The molecule has 150 valence electrons. The van der Waals surface area contributed by atoms with E-state index in [-0.39, 0.29) is 30.8 Å². The molecule has 5 heterocycles. The van der Waals surface area contributed by atoms with Crippen molar-refractivity contribution < 1.29 is 19.4 Å². The van der Waals surface area contributed by atoms with Gasteiger partial charge in [0.15, 0.2) is 17.0 Å². The zero-order chi connectivity index (χ0) is 19.3. The molecule has 3 fully saturated rings. The van der Waals surface area contributed by atoms with Gasteiger partial charge in [0.2, 0.25) is 5.91 Å². The van der Waals surface area contributed by atoms with Crippen LogP contribution in [0.15, 0.2) is 12.7 Å². The number of aliphatic hydroxyl groups is 1. The minimum Gasteiger partial charge on any atom is -0.385 e. The van der Waals surface area contributed by atoms with E-state index >= 15 is 0 Å². The molecule has 28 heavy (non-hydrogen) atoms. The third-order valence-corrected chi connectivity index (χ3v) is 6.11. The molecule has 3 saturated heterocycles. The van der Waals surface area contributed by atoms with Crippen molar-refractivity contribution in [1.29, 1.82) is 0 Å². The average molecular weight is 388 g/mol. The first kappa shape index (κ1) is 17.8. The van der Waals surface area contributed by atoms with E-state index in [0.29, 0.717) is 37.3 Å². The molecule has 0 radical (unpaired) electrons. The number of hydrogen-bond acceptors (Lipinski definition) is 8. The monoisotopic (exact) mass is 388 g/mol. The Morgan fingerprint density at radius 3 is 3.07 bits per heavy atom. The summed E-state index contributed by atoms with van der Waals surface area (Å²) in [4.78, 5) is 27.2. The molecule has 10 heteroatoms. The molecule has 0 aromatic carbocycles. The van der Waals surface area contributed by atoms with E-state index in [2.05, 4.69) is 25.2 Å². The summed E-state index contributed by atoms with van der Waals surface area (Å²) < 4.78 is 13.0. The Morgan fingerprint density at radius 2 is 2.25 bits per heavy atom. The van der Waals surface area contributed by atoms with E-state index in [1.807, 2.05) is 11.5 Å². The summed E-state index contributed by atoms with van der Waals surface area (Å²) in [5.41, 5.74) is 0.448. The van der Waals surface area contributed by atoms with Gasteiger partial charge >= 0.3 is 0 Å². The van der Waals surface area contributed by atoms with Gasteiger partial charge in [0.1, 0.15) is 18.5 Å². The summed E-state index contributed by atoms with van der Waals surface area (Å²) in [7, 11) is 0. The number of carbonyl (C=O) groups is 1. The summed E-state index contributed by atoms with van der Waals surface area (Å²) in [6, 6.07) is -0.0562. The van der Waals surface area contributed by atoms with Crippen LogP contribution >= 0.6 is 0 Å². The quantitative estimate of drug-likeness (QED) is 0.721. The molecule has 3 aliphatic heterocycles. The van der Waals surface area contributed by atoms with Crippen molar-refractivity contribution in [2.75, 3.05) is 31.2 Å². The number of rotatable bonds is 3. The highest BCUT2D eigenvalue weighted by atomic mass is 16.5. The molecular weight excluding hydrogens is 364 g/mol. The summed E-state index contributed by atoms with van der Waals surface area (Å²) in [5, 5.41) is 13.9. The van der Waals surface area contributed by atoms with Gasteiger partial charge in [0, 0.05) is 26.1 Å². The van der Waals surface area contributed by atoms with Crippen LogP contribution < -0.4 is 10.2 Å². The number of carbonyl (C=O) groups excluding carboxylic acids is 1. The number of imidazole rings is 1. The fourth-order valence-electron chi connectivity index (χ4n) is 4.38. The molecule has 0 bridgehead atoms. The largest absolute Gasteiger partial charge is 0.385 e. The fourth-order valence-corrected chi connectivity index (χ4v) is 4.38. The van der Waals surface area contributed by atoms with Crippen LogP contribution in [0.4, 0.5) is 5.82 Å².